The summed E-state index contributed by atoms with van der Waals surface area (Å²) in [5, 5.41) is 3.88. The number of nitrogens with zero attached hydrogens (tertiary/aromatic N) is 2. The molecule has 136 valence electrons. The maximum absolute atomic E-state index is 13.9. The molecule has 4 nitrogen and oxygen atoms in total. The van der Waals surface area contributed by atoms with Gasteiger partial charge in [-0.3, -0.25) is 0 Å². The lowest BCUT2D eigenvalue weighted by Crippen LogP contribution is -2.36. The Labute approximate surface area is 153 Å². The van der Waals surface area contributed by atoms with Gasteiger partial charge in [-0.15, -0.1) is 11.0 Å². The van der Waals surface area contributed by atoms with Crippen molar-refractivity contribution >= 4 is 5.97 Å². The van der Waals surface area contributed by atoms with Gasteiger partial charge in [0.15, 0.2) is 5.60 Å². The largest absolute Gasteiger partial charge is 0.441 e. The molecule has 1 fully saturated rings. The van der Waals surface area contributed by atoms with Gasteiger partial charge in [0.25, 0.3) is 0 Å². The SMILES string of the molecule is CC#CC1(OC(=O)c2cc(F)nn2[C@H](C)c2ccccc2)CCCCC1. The van der Waals surface area contributed by atoms with Gasteiger partial charge < -0.3 is 4.74 Å². The number of aromatic nitrogens is 2. The summed E-state index contributed by atoms with van der Waals surface area (Å²) < 4.78 is 21.1. The number of benzene rings is 1. The van der Waals surface area contributed by atoms with Crippen molar-refractivity contribution in [3.8, 4) is 11.8 Å². The minimum atomic E-state index is -0.772. The van der Waals surface area contributed by atoms with E-state index < -0.39 is 17.5 Å². The number of hydrogen-bond donors (Lipinski definition) is 0. The standard InChI is InChI=1S/C21H23FN2O2/c1-3-12-21(13-8-5-9-14-21)26-20(25)18-15-19(22)23-24(18)16(2)17-10-6-4-7-11-17/h4,6-7,10-11,15-16H,5,8-9,13-14H2,1-2H3/t16-/m1/s1. The zero-order valence-electron chi connectivity index (χ0n) is 15.2. The van der Waals surface area contributed by atoms with Crippen LogP contribution in [0.15, 0.2) is 36.4 Å². The van der Waals surface area contributed by atoms with Gasteiger partial charge >= 0.3 is 5.97 Å². The number of rotatable bonds is 4. The zero-order valence-corrected chi connectivity index (χ0v) is 15.2. The van der Waals surface area contributed by atoms with E-state index in [9.17, 15) is 9.18 Å². The van der Waals surface area contributed by atoms with Gasteiger partial charge in [0.05, 0.1) is 6.04 Å². The summed E-state index contributed by atoms with van der Waals surface area (Å²) in [6, 6.07) is 10.4. The van der Waals surface area contributed by atoms with Gasteiger partial charge in [-0.1, -0.05) is 42.7 Å². The third-order valence-corrected chi connectivity index (χ3v) is 4.87. The maximum atomic E-state index is 13.9. The van der Waals surface area contributed by atoms with Crippen LogP contribution in [0.5, 0.6) is 0 Å². The van der Waals surface area contributed by atoms with E-state index in [0.717, 1.165) is 30.9 Å². The second-order valence-corrected chi connectivity index (χ2v) is 6.70. The number of halogens is 1. The van der Waals surface area contributed by atoms with Crippen molar-refractivity contribution in [2.45, 2.75) is 57.6 Å². The molecule has 1 aliphatic rings. The molecule has 1 heterocycles. The third kappa shape index (κ3) is 3.80. The molecule has 1 atom stereocenters. The van der Waals surface area contributed by atoms with E-state index in [4.69, 9.17) is 4.74 Å². The fourth-order valence-corrected chi connectivity index (χ4v) is 3.52. The lowest BCUT2D eigenvalue weighted by molar-refractivity contribution is -0.00802. The predicted molar refractivity (Wildman–Crippen MR) is 97.1 cm³/mol. The number of ether oxygens (including phenoxy) is 1. The van der Waals surface area contributed by atoms with Crippen molar-refractivity contribution in [3.63, 3.8) is 0 Å². The van der Waals surface area contributed by atoms with Gasteiger partial charge in [-0.2, -0.15) is 4.39 Å². The molecule has 1 aromatic heterocycles. The highest BCUT2D eigenvalue weighted by molar-refractivity contribution is 5.88. The minimum Gasteiger partial charge on any atom is -0.441 e. The molecule has 0 N–H and O–H groups in total. The molecule has 5 heteroatoms. The van der Waals surface area contributed by atoms with E-state index in [-0.39, 0.29) is 11.7 Å². The van der Waals surface area contributed by atoms with Crippen molar-refractivity contribution < 1.29 is 13.9 Å². The molecule has 1 aromatic carbocycles. The number of esters is 1. The molecule has 26 heavy (non-hydrogen) atoms. The molecule has 0 unspecified atom stereocenters. The second-order valence-electron chi connectivity index (χ2n) is 6.70. The summed E-state index contributed by atoms with van der Waals surface area (Å²) in [7, 11) is 0. The third-order valence-electron chi connectivity index (χ3n) is 4.87. The Hall–Kier alpha value is -2.61. The molecule has 2 aromatic rings. The van der Waals surface area contributed by atoms with Crippen LogP contribution in [0.1, 0.15) is 68.0 Å². The van der Waals surface area contributed by atoms with Gasteiger partial charge in [-0.25, -0.2) is 9.48 Å². The zero-order chi connectivity index (χ0) is 18.6. The first-order valence-electron chi connectivity index (χ1n) is 9.02. The highest BCUT2D eigenvalue weighted by Crippen LogP contribution is 2.32. The Morgan fingerprint density at radius 1 is 1.27 bits per heavy atom. The van der Waals surface area contributed by atoms with Gasteiger partial charge in [0.2, 0.25) is 5.95 Å². The fourth-order valence-electron chi connectivity index (χ4n) is 3.52. The second kappa shape index (κ2) is 7.74. The van der Waals surface area contributed by atoms with Crippen molar-refractivity contribution in [2.75, 3.05) is 0 Å². The predicted octanol–water partition coefficient (Wildman–Crippen LogP) is 4.51. The molecular weight excluding hydrogens is 331 g/mol. The van der Waals surface area contributed by atoms with Crippen LogP contribution in [-0.2, 0) is 4.74 Å². The summed E-state index contributed by atoms with van der Waals surface area (Å²) >= 11 is 0. The van der Waals surface area contributed by atoms with Crippen LogP contribution < -0.4 is 0 Å². The van der Waals surface area contributed by atoms with E-state index in [2.05, 4.69) is 16.9 Å². The maximum Gasteiger partial charge on any atom is 0.358 e. The average Bonchev–Trinajstić information content (AvgIpc) is 3.05. The molecule has 0 radical (unpaired) electrons. The topological polar surface area (TPSA) is 44.1 Å². The van der Waals surface area contributed by atoms with Gasteiger partial charge in [0, 0.05) is 6.07 Å². The molecule has 1 aliphatic carbocycles. The monoisotopic (exact) mass is 354 g/mol. The van der Waals surface area contributed by atoms with E-state index in [1.165, 1.54) is 4.68 Å². The van der Waals surface area contributed by atoms with E-state index in [0.29, 0.717) is 12.8 Å². The molecule has 1 saturated carbocycles. The van der Waals surface area contributed by atoms with E-state index in [1.807, 2.05) is 37.3 Å². The Balaban J connectivity index is 1.89. The molecule has 0 spiro atoms. The van der Waals surface area contributed by atoms with Gasteiger partial charge in [-0.05, 0) is 45.1 Å². The highest BCUT2D eigenvalue weighted by atomic mass is 19.1. The van der Waals surface area contributed by atoms with Crippen LogP contribution in [-0.4, -0.2) is 21.4 Å². The van der Waals surface area contributed by atoms with E-state index >= 15 is 0 Å². The Morgan fingerprint density at radius 2 is 1.96 bits per heavy atom. The summed E-state index contributed by atoms with van der Waals surface area (Å²) in [6.45, 7) is 3.62. The van der Waals surface area contributed by atoms with Crippen LogP contribution in [0.2, 0.25) is 0 Å². The Kier molecular flexibility index (Phi) is 5.41. The minimum absolute atomic E-state index is 0.113. The molecule has 0 bridgehead atoms. The van der Waals surface area contributed by atoms with E-state index in [1.54, 1.807) is 6.92 Å². The van der Waals surface area contributed by atoms with Crippen LogP contribution in [0.4, 0.5) is 4.39 Å². The lowest BCUT2D eigenvalue weighted by Gasteiger charge is -2.32. The van der Waals surface area contributed by atoms with Crippen molar-refractivity contribution in [2.24, 2.45) is 0 Å². The number of carbonyl (C=O) groups is 1. The lowest BCUT2D eigenvalue weighted by atomic mass is 9.85. The fraction of sp³-hybridized carbons (Fsp3) is 0.429. The van der Waals surface area contributed by atoms with Crippen LogP contribution in [0, 0.1) is 17.8 Å². The summed E-state index contributed by atoms with van der Waals surface area (Å²) in [5.41, 5.74) is 0.276. The molecule has 0 saturated heterocycles. The molecule has 0 amide bonds. The molecule has 0 aliphatic heterocycles. The Bertz CT molecular complexity index is 827. The number of hydrogen-bond acceptors (Lipinski definition) is 3. The first-order chi connectivity index (χ1) is 12.5. The first kappa shape index (κ1) is 18.2. The average molecular weight is 354 g/mol. The Morgan fingerprint density at radius 3 is 2.62 bits per heavy atom. The summed E-state index contributed by atoms with van der Waals surface area (Å²) in [5.74, 6) is 4.68. The summed E-state index contributed by atoms with van der Waals surface area (Å²) in [6.07, 6.45) is 4.48. The summed E-state index contributed by atoms with van der Waals surface area (Å²) in [4.78, 5) is 12.8. The van der Waals surface area contributed by atoms with Crippen molar-refractivity contribution in [3.05, 3.63) is 53.6 Å². The highest BCUT2D eigenvalue weighted by Gasteiger charge is 2.36. The van der Waals surface area contributed by atoms with Crippen molar-refractivity contribution in [1.29, 1.82) is 0 Å². The normalized spacial score (nSPS) is 17.0. The van der Waals surface area contributed by atoms with Crippen LogP contribution in [0.25, 0.3) is 0 Å². The van der Waals surface area contributed by atoms with Crippen LogP contribution >= 0.6 is 0 Å². The van der Waals surface area contributed by atoms with Crippen molar-refractivity contribution in [1.82, 2.24) is 9.78 Å². The quantitative estimate of drug-likeness (QED) is 0.599. The smallest absolute Gasteiger partial charge is 0.358 e. The molecule has 3 rings (SSSR count). The van der Waals surface area contributed by atoms with Gasteiger partial charge in [0.1, 0.15) is 5.69 Å². The number of carbonyl (C=O) groups excluding carboxylic acids is 1. The molecular formula is C21H23FN2O2. The first-order valence-corrected chi connectivity index (χ1v) is 9.02. The van der Waals surface area contributed by atoms with Crippen LogP contribution in [0.3, 0.4) is 0 Å².